The van der Waals surface area contributed by atoms with Crippen molar-refractivity contribution in [2.45, 2.75) is 200 Å². The number of carbonyl (C=O) groups is 1. The Bertz CT molecular complexity index is 1050. The molecule has 0 aliphatic rings. The number of carbonyl (C=O) groups excluding carboxylic acids is 1. The van der Waals surface area contributed by atoms with Crippen molar-refractivity contribution in [1.29, 1.82) is 0 Å². The molecule has 0 saturated carbocycles. The van der Waals surface area contributed by atoms with Gasteiger partial charge in [-0.05, 0) is 51.4 Å². The number of nitrogens with zero attached hydrogens (tertiary/aromatic N) is 1. The van der Waals surface area contributed by atoms with Gasteiger partial charge in [-0.2, -0.15) is 0 Å². The number of unbranched alkanes of at least 4 members (excludes halogenated alkanes) is 21. The molecule has 0 aliphatic heterocycles. The Morgan fingerprint density at radius 2 is 1.02 bits per heavy atom. The summed E-state index contributed by atoms with van der Waals surface area (Å²) in [5, 5.41) is 0. The van der Waals surface area contributed by atoms with Crippen molar-refractivity contribution in [2.24, 2.45) is 0 Å². The summed E-state index contributed by atoms with van der Waals surface area (Å²) >= 11 is 0. The Balaban J connectivity index is 4.14. The molecule has 0 aromatic rings. The number of likely N-dealkylation sites (N-methyl/N-ethyl adjacent to an activating group) is 1. The highest BCUT2D eigenvalue weighted by molar-refractivity contribution is 7.45. The van der Waals surface area contributed by atoms with Crippen molar-refractivity contribution < 1.29 is 37.3 Å². The normalized spacial score (nSPS) is 14.1. The van der Waals surface area contributed by atoms with Crippen LogP contribution in [0.1, 0.15) is 194 Å². The Kier molecular flexibility index (Phi) is 40.1. The third-order valence-electron chi connectivity index (χ3n) is 9.89. The van der Waals surface area contributed by atoms with E-state index in [9.17, 15) is 14.3 Å². The lowest BCUT2D eigenvalue weighted by Gasteiger charge is -2.28. The highest BCUT2D eigenvalue weighted by Crippen LogP contribution is 2.38. The summed E-state index contributed by atoms with van der Waals surface area (Å²) in [6.45, 7) is 5.31. The molecule has 9 heteroatoms. The molecule has 0 saturated heterocycles. The number of phosphoric ester groups is 1. The summed E-state index contributed by atoms with van der Waals surface area (Å²) in [6.07, 6.45) is 49.8. The van der Waals surface area contributed by atoms with E-state index < -0.39 is 13.9 Å². The van der Waals surface area contributed by atoms with Crippen molar-refractivity contribution >= 4 is 13.8 Å². The van der Waals surface area contributed by atoms with Crippen LogP contribution in [0.4, 0.5) is 0 Å². The van der Waals surface area contributed by atoms with Crippen molar-refractivity contribution in [2.75, 3.05) is 54.1 Å². The van der Waals surface area contributed by atoms with Crippen molar-refractivity contribution in [1.82, 2.24) is 0 Å². The first-order chi connectivity index (χ1) is 27.6. The predicted molar refractivity (Wildman–Crippen MR) is 240 cm³/mol. The van der Waals surface area contributed by atoms with E-state index in [1.165, 1.54) is 116 Å². The minimum Gasteiger partial charge on any atom is -0.756 e. The van der Waals surface area contributed by atoms with Gasteiger partial charge in [0, 0.05) is 13.0 Å². The molecular weight excluding hydrogens is 734 g/mol. The zero-order valence-electron chi connectivity index (χ0n) is 37.8. The fourth-order valence-electron chi connectivity index (χ4n) is 6.30. The second-order valence-electron chi connectivity index (χ2n) is 16.7. The topological polar surface area (TPSA) is 94.1 Å². The molecule has 8 nitrogen and oxygen atoms in total. The first kappa shape index (κ1) is 55.5. The van der Waals surface area contributed by atoms with Gasteiger partial charge < -0.3 is 27.9 Å². The lowest BCUT2D eigenvalue weighted by Crippen LogP contribution is -2.37. The predicted octanol–water partition coefficient (Wildman–Crippen LogP) is 13.3. The summed E-state index contributed by atoms with van der Waals surface area (Å²) in [5.74, 6) is -0.338. The van der Waals surface area contributed by atoms with Gasteiger partial charge in [-0.25, -0.2) is 0 Å². The van der Waals surface area contributed by atoms with Gasteiger partial charge in [0.05, 0.1) is 34.4 Å². The largest absolute Gasteiger partial charge is 0.756 e. The molecule has 0 aromatic heterocycles. The maximum Gasteiger partial charge on any atom is 0.306 e. The highest BCUT2D eigenvalue weighted by atomic mass is 31.2. The summed E-state index contributed by atoms with van der Waals surface area (Å²) in [6, 6.07) is 0. The van der Waals surface area contributed by atoms with Crippen LogP contribution in [0.25, 0.3) is 0 Å². The second-order valence-corrected chi connectivity index (χ2v) is 18.2. The Morgan fingerprint density at radius 1 is 0.561 bits per heavy atom. The van der Waals surface area contributed by atoms with E-state index >= 15 is 0 Å². The molecule has 0 radical (unpaired) electrons. The van der Waals surface area contributed by atoms with E-state index in [2.05, 4.69) is 62.5 Å². The molecule has 57 heavy (non-hydrogen) atoms. The number of ether oxygens (including phenoxy) is 2. The number of esters is 1. The number of phosphoric acid groups is 1. The van der Waals surface area contributed by atoms with Crippen LogP contribution in [-0.4, -0.2) is 70.7 Å². The molecule has 0 spiro atoms. The SMILES string of the molecule is CC/C=C\C/C=C\C/C=C\C/C=C\CCCCCCCCCCCCC(=O)OC(COCCCCCCCCCCCCCC)COP(=O)([O-])OCC[N+](C)(C)C. The van der Waals surface area contributed by atoms with Gasteiger partial charge in [0.25, 0.3) is 7.82 Å². The molecule has 0 rings (SSSR count). The average Bonchev–Trinajstić information content (AvgIpc) is 3.16. The molecular formula is C48H90NO7P. The third kappa shape index (κ3) is 45.4. The Morgan fingerprint density at radius 3 is 1.53 bits per heavy atom. The van der Waals surface area contributed by atoms with Gasteiger partial charge in [0.15, 0.2) is 0 Å². The molecule has 0 aromatic carbocycles. The highest BCUT2D eigenvalue weighted by Gasteiger charge is 2.20. The summed E-state index contributed by atoms with van der Waals surface area (Å²) < 4.78 is 34.6. The first-order valence-corrected chi connectivity index (χ1v) is 24.8. The molecule has 0 N–H and O–H groups in total. The van der Waals surface area contributed by atoms with Gasteiger partial charge in [0.1, 0.15) is 19.3 Å². The van der Waals surface area contributed by atoms with Gasteiger partial charge in [-0.1, -0.05) is 184 Å². The van der Waals surface area contributed by atoms with Crippen LogP contribution in [-0.2, 0) is 27.9 Å². The van der Waals surface area contributed by atoms with Crippen LogP contribution in [0.5, 0.6) is 0 Å². The number of rotatable bonds is 43. The number of allylic oxidation sites excluding steroid dienone is 8. The molecule has 0 bridgehead atoms. The molecule has 0 aliphatic carbocycles. The average molecular weight is 824 g/mol. The van der Waals surface area contributed by atoms with Crippen molar-refractivity contribution in [3.8, 4) is 0 Å². The standard InChI is InChI=1S/C48H90NO7P/c1-6-8-10-12-14-16-18-20-21-22-23-24-25-26-27-28-29-30-31-33-35-37-39-41-48(50)56-47(46-55-57(51,52)54-44-42-49(3,4)5)45-53-43-40-38-36-34-32-19-17-15-13-11-9-7-2/h8,10,14,16,20-21,23-24,47H,6-7,9,11-13,15,17-19,22,25-46H2,1-5H3/b10-8-,16-14-,21-20-,24-23-. The van der Waals surface area contributed by atoms with Crippen LogP contribution in [0.3, 0.4) is 0 Å². The third-order valence-corrected chi connectivity index (χ3v) is 10.9. The minimum absolute atomic E-state index is 0.0252. The van der Waals surface area contributed by atoms with E-state index in [4.69, 9.17) is 18.5 Å². The van der Waals surface area contributed by atoms with Gasteiger partial charge in [-0.3, -0.25) is 9.36 Å². The minimum atomic E-state index is -4.52. The van der Waals surface area contributed by atoms with E-state index in [1.807, 2.05) is 21.1 Å². The molecule has 2 unspecified atom stereocenters. The smallest absolute Gasteiger partial charge is 0.306 e. The van der Waals surface area contributed by atoms with Crippen LogP contribution in [0, 0.1) is 0 Å². The van der Waals surface area contributed by atoms with Crippen LogP contribution in [0.15, 0.2) is 48.6 Å². The zero-order chi connectivity index (χ0) is 42.0. The van der Waals surface area contributed by atoms with Crippen LogP contribution < -0.4 is 4.89 Å². The van der Waals surface area contributed by atoms with E-state index in [0.717, 1.165) is 57.8 Å². The van der Waals surface area contributed by atoms with E-state index in [1.54, 1.807) is 0 Å². The fraction of sp³-hybridized carbons (Fsp3) is 0.812. The molecule has 0 heterocycles. The van der Waals surface area contributed by atoms with Gasteiger partial charge in [-0.15, -0.1) is 0 Å². The second kappa shape index (κ2) is 41.2. The summed E-state index contributed by atoms with van der Waals surface area (Å²) in [4.78, 5) is 25.1. The quantitative estimate of drug-likeness (QED) is 0.0199. The lowest BCUT2D eigenvalue weighted by atomic mass is 10.0. The maximum atomic E-state index is 12.7. The summed E-state index contributed by atoms with van der Waals surface area (Å²) in [5.41, 5.74) is 0. The molecule has 0 fully saturated rings. The van der Waals surface area contributed by atoms with Crippen LogP contribution >= 0.6 is 7.82 Å². The van der Waals surface area contributed by atoms with E-state index in [0.29, 0.717) is 24.1 Å². The fourth-order valence-corrected chi connectivity index (χ4v) is 7.03. The van der Waals surface area contributed by atoms with Crippen molar-refractivity contribution in [3.63, 3.8) is 0 Å². The van der Waals surface area contributed by atoms with Crippen molar-refractivity contribution in [3.05, 3.63) is 48.6 Å². The van der Waals surface area contributed by atoms with E-state index in [-0.39, 0.29) is 25.8 Å². The number of hydrogen-bond donors (Lipinski definition) is 0. The zero-order valence-corrected chi connectivity index (χ0v) is 38.7. The monoisotopic (exact) mass is 824 g/mol. The molecule has 2 atom stereocenters. The number of hydrogen-bond acceptors (Lipinski definition) is 7. The van der Waals surface area contributed by atoms with Crippen LogP contribution in [0.2, 0.25) is 0 Å². The maximum absolute atomic E-state index is 12.7. The molecule has 334 valence electrons. The summed E-state index contributed by atoms with van der Waals surface area (Å²) in [7, 11) is 1.35. The van der Waals surface area contributed by atoms with Gasteiger partial charge in [0.2, 0.25) is 0 Å². The molecule has 0 amide bonds. The first-order valence-electron chi connectivity index (χ1n) is 23.4. The lowest BCUT2D eigenvalue weighted by molar-refractivity contribution is -0.870. The Labute approximate surface area is 352 Å². The Hall–Kier alpha value is -1.54. The number of quaternary nitrogens is 1. The van der Waals surface area contributed by atoms with Gasteiger partial charge >= 0.3 is 5.97 Å².